The van der Waals surface area contributed by atoms with E-state index < -0.39 is 24.1 Å². The molecule has 0 aliphatic carbocycles. The summed E-state index contributed by atoms with van der Waals surface area (Å²) in [7, 11) is 5.47. The standard InChI is InChI=1S/C45H71NO7/c1-6-8-10-12-14-16-17-18-19-20-21-22-23-24-25-26-28-30-32-34-36-44(48)53-41(39-51-38-37-42(45(49)50)46(3,4)5)40-52-43(47)35-33-31-29-27-15-13-11-9-7-2/h8-11,14-16,18-19,21-22,24-25,27,31,33,41-42H,6-7,12-13,17,20,23,26,28-30,32,34-40H2,1-5H3/p+1/b10-8+,11-9+,16-14+,19-18+,22-21+,25-24+,27-15+,33-31+. The summed E-state index contributed by atoms with van der Waals surface area (Å²) < 4.78 is 17.0. The molecular weight excluding hydrogens is 666 g/mol. The fourth-order valence-corrected chi connectivity index (χ4v) is 5.00. The molecule has 0 saturated carbocycles. The molecule has 0 heterocycles. The van der Waals surface area contributed by atoms with Crippen molar-refractivity contribution in [3.8, 4) is 0 Å². The van der Waals surface area contributed by atoms with Crippen LogP contribution in [-0.4, -0.2) is 80.6 Å². The van der Waals surface area contributed by atoms with E-state index in [1.54, 1.807) is 6.08 Å². The highest BCUT2D eigenvalue weighted by Gasteiger charge is 2.31. The van der Waals surface area contributed by atoms with Gasteiger partial charge in [0, 0.05) is 12.8 Å². The first-order valence-electron chi connectivity index (χ1n) is 19.8. The summed E-state index contributed by atoms with van der Waals surface area (Å²) in [5, 5.41) is 9.58. The normalized spacial score (nSPS) is 14.1. The van der Waals surface area contributed by atoms with Gasteiger partial charge in [-0.3, -0.25) is 9.59 Å². The van der Waals surface area contributed by atoms with Crippen molar-refractivity contribution in [3.63, 3.8) is 0 Å². The van der Waals surface area contributed by atoms with E-state index in [1.165, 1.54) is 0 Å². The molecule has 0 aromatic carbocycles. The Morgan fingerprint density at radius 3 is 1.55 bits per heavy atom. The predicted molar refractivity (Wildman–Crippen MR) is 219 cm³/mol. The van der Waals surface area contributed by atoms with Crippen LogP contribution in [-0.2, 0) is 28.6 Å². The number of carbonyl (C=O) groups excluding carboxylic acids is 2. The van der Waals surface area contributed by atoms with Gasteiger partial charge in [0.1, 0.15) is 6.61 Å². The van der Waals surface area contributed by atoms with Gasteiger partial charge in [-0.1, -0.05) is 124 Å². The number of allylic oxidation sites excluding steroid dienone is 15. The Labute approximate surface area is 322 Å². The van der Waals surface area contributed by atoms with Gasteiger partial charge in [0.05, 0.1) is 40.8 Å². The number of carbonyl (C=O) groups is 3. The SMILES string of the molecule is CC/C=C/C/C=C/C/C=C/C/C=C/C/C=C/CCCCCCC(=O)OC(COCCC(C(=O)O)[N+](C)(C)C)COC(=O)C/C=C/C/C=C/C/C=C/CC. The van der Waals surface area contributed by atoms with Crippen molar-refractivity contribution < 1.29 is 38.2 Å². The number of esters is 2. The Balaban J connectivity index is 4.49. The van der Waals surface area contributed by atoms with E-state index >= 15 is 0 Å². The average molecular weight is 739 g/mol. The third kappa shape index (κ3) is 33.8. The maximum absolute atomic E-state index is 12.7. The molecule has 0 bridgehead atoms. The Kier molecular flexibility index (Phi) is 32.8. The Morgan fingerprint density at radius 2 is 1.06 bits per heavy atom. The van der Waals surface area contributed by atoms with Crippen LogP contribution in [0.3, 0.4) is 0 Å². The lowest BCUT2D eigenvalue weighted by Crippen LogP contribution is -2.50. The summed E-state index contributed by atoms with van der Waals surface area (Å²) >= 11 is 0. The number of carboxylic acids is 1. The van der Waals surface area contributed by atoms with Crippen LogP contribution in [0, 0.1) is 0 Å². The lowest BCUT2D eigenvalue weighted by atomic mass is 10.1. The number of likely N-dealkylation sites (N-methyl/N-ethyl adjacent to an activating group) is 1. The molecule has 298 valence electrons. The molecule has 0 aliphatic rings. The van der Waals surface area contributed by atoms with Gasteiger partial charge in [0.2, 0.25) is 0 Å². The summed E-state index contributed by atoms with van der Waals surface area (Å²) in [6, 6.07) is -0.635. The van der Waals surface area contributed by atoms with Gasteiger partial charge in [-0.25, -0.2) is 4.79 Å². The highest BCUT2D eigenvalue weighted by atomic mass is 16.6. The molecule has 0 saturated heterocycles. The molecule has 0 rings (SSSR count). The minimum absolute atomic E-state index is 0.0167. The fraction of sp³-hybridized carbons (Fsp3) is 0.578. The number of ether oxygens (including phenoxy) is 3. The molecule has 0 radical (unpaired) electrons. The molecule has 0 fully saturated rings. The van der Waals surface area contributed by atoms with Gasteiger partial charge >= 0.3 is 17.9 Å². The molecule has 8 heteroatoms. The van der Waals surface area contributed by atoms with Crippen molar-refractivity contribution in [2.24, 2.45) is 0 Å². The topological polar surface area (TPSA) is 99.1 Å². The first kappa shape index (κ1) is 49.2. The molecule has 2 unspecified atom stereocenters. The maximum Gasteiger partial charge on any atom is 0.362 e. The van der Waals surface area contributed by atoms with Crippen molar-refractivity contribution in [1.29, 1.82) is 0 Å². The summed E-state index contributed by atoms with van der Waals surface area (Å²) in [6.45, 7) is 4.32. The Morgan fingerprint density at radius 1 is 0.585 bits per heavy atom. The highest BCUT2D eigenvalue weighted by Crippen LogP contribution is 2.11. The zero-order valence-corrected chi connectivity index (χ0v) is 33.7. The summed E-state index contributed by atoms with van der Waals surface area (Å²) in [4.78, 5) is 36.7. The third-order valence-electron chi connectivity index (χ3n) is 8.01. The Hall–Kier alpha value is -3.75. The highest BCUT2D eigenvalue weighted by molar-refractivity contribution is 5.72. The number of unbranched alkanes of at least 4 members (excludes halogenated alkanes) is 4. The fourth-order valence-electron chi connectivity index (χ4n) is 5.00. The van der Waals surface area contributed by atoms with Gasteiger partial charge in [-0.05, 0) is 70.6 Å². The first-order chi connectivity index (χ1) is 25.6. The van der Waals surface area contributed by atoms with E-state index in [0.29, 0.717) is 6.42 Å². The van der Waals surface area contributed by atoms with Crippen LogP contribution in [0.4, 0.5) is 0 Å². The molecule has 0 amide bonds. The number of aliphatic carboxylic acids is 1. The molecule has 53 heavy (non-hydrogen) atoms. The van der Waals surface area contributed by atoms with E-state index in [2.05, 4.69) is 98.9 Å². The van der Waals surface area contributed by atoms with Crippen molar-refractivity contribution >= 4 is 17.9 Å². The maximum atomic E-state index is 12.7. The molecule has 0 aliphatic heterocycles. The summed E-state index contributed by atoms with van der Waals surface area (Å²) in [5.41, 5.74) is 0. The average Bonchev–Trinajstić information content (AvgIpc) is 3.11. The zero-order valence-electron chi connectivity index (χ0n) is 33.7. The van der Waals surface area contributed by atoms with Crippen LogP contribution in [0.25, 0.3) is 0 Å². The second-order valence-electron chi connectivity index (χ2n) is 13.8. The van der Waals surface area contributed by atoms with E-state index in [9.17, 15) is 19.5 Å². The molecule has 0 aromatic rings. The van der Waals surface area contributed by atoms with Crippen LogP contribution < -0.4 is 0 Å². The van der Waals surface area contributed by atoms with Gasteiger partial charge in [0.25, 0.3) is 0 Å². The van der Waals surface area contributed by atoms with Crippen LogP contribution >= 0.6 is 0 Å². The second kappa shape index (κ2) is 35.3. The predicted octanol–water partition coefficient (Wildman–Crippen LogP) is 10.3. The molecule has 0 aromatic heterocycles. The van der Waals surface area contributed by atoms with Crippen molar-refractivity contribution in [2.45, 2.75) is 129 Å². The number of carboxylic acid groups (broad SMARTS) is 1. The summed E-state index contributed by atoms with van der Waals surface area (Å²) in [6.07, 6.45) is 46.4. The van der Waals surface area contributed by atoms with E-state index in [1.807, 2.05) is 27.2 Å². The number of hydrogen-bond donors (Lipinski definition) is 1. The largest absolute Gasteiger partial charge is 0.477 e. The molecule has 0 spiro atoms. The van der Waals surface area contributed by atoms with Gasteiger partial charge in [-0.2, -0.15) is 0 Å². The third-order valence-corrected chi connectivity index (χ3v) is 8.01. The second-order valence-corrected chi connectivity index (χ2v) is 13.8. The lowest BCUT2D eigenvalue weighted by molar-refractivity contribution is -0.887. The van der Waals surface area contributed by atoms with Gasteiger partial charge in [-0.15, -0.1) is 0 Å². The van der Waals surface area contributed by atoms with Gasteiger partial charge < -0.3 is 23.8 Å². The van der Waals surface area contributed by atoms with E-state index in [-0.39, 0.29) is 43.1 Å². The number of rotatable bonds is 33. The Bertz CT molecular complexity index is 1180. The minimum Gasteiger partial charge on any atom is -0.477 e. The molecule has 2 atom stereocenters. The number of nitrogens with zero attached hydrogens (tertiary/aromatic N) is 1. The van der Waals surface area contributed by atoms with Crippen LogP contribution in [0.2, 0.25) is 0 Å². The minimum atomic E-state index is -0.896. The molecule has 8 nitrogen and oxygen atoms in total. The van der Waals surface area contributed by atoms with Crippen molar-refractivity contribution in [2.75, 3.05) is 41.0 Å². The van der Waals surface area contributed by atoms with Gasteiger partial charge in [0.15, 0.2) is 12.1 Å². The first-order valence-corrected chi connectivity index (χ1v) is 19.8. The number of hydrogen-bond acceptors (Lipinski definition) is 6. The van der Waals surface area contributed by atoms with E-state index in [0.717, 1.165) is 83.5 Å². The smallest absolute Gasteiger partial charge is 0.362 e. The van der Waals surface area contributed by atoms with Crippen molar-refractivity contribution in [1.82, 2.24) is 0 Å². The van der Waals surface area contributed by atoms with Crippen LogP contribution in [0.1, 0.15) is 117 Å². The van der Waals surface area contributed by atoms with Crippen LogP contribution in [0.15, 0.2) is 97.2 Å². The zero-order chi connectivity index (χ0) is 39.3. The summed E-state index contributed by atoms with van der Waals surface area (Å²) in [5.74, 6) is -1.67. The lowest BCUT2D eigenvalue weighted by Gasteiger charge is -2.31. The monoisotopic (exact) mass is 739 g/mol. The van der Waals surface area contributed by atoms with Crippen LogP contribution in [0.5, 0.6) is 0 Å². The quantitative estimate of drug-likeness (QED) is 0.0310. The number of quaternary nitrogens is 1. The van der Waals surface area contributed by atoms with E-state index in [4.69, 9.17) is 14.2 Å². The van der Waals surface area contributed by atoms with Crippen molar-refractivity contribution in [3.05, 3.63) is 97.2 Å². The molecular formula is C45H72NO7+. The molecule has 1 N–H and O–H groups in total.